The van der Waals surface area contributed by atoms with Gasteiger partial charge >= 0.3 is 0 Å². The highest BCUT2D eigenvalue weighted by Gasteiger charge is 2.09. The van der Waals surface area contributed by atoms with Crippen LogP contribution >= 0.6 is 0 Å². The first-order chi connectivity index (χ1) is 7.20. The molecule has 0 bridgehead atoms. The summed E-state index contributed by atoms with van der Waals surface area (Å²) in [5.41, 5.74) is 3.30. The summed E-state index contributed by atoms with van der Waals surface area (Å²) in [6, 6.07) is 0. The van der Waals surface area contributed by atoms with Gasteiger partial charge in [-0.25, -0.2) is 5.01 Å². The number of carbonyl (C=O) groups is 1. The molecule has 1 amide bonds. The number of nitrogens with zero attached hydrogens (tertiary/aromatic N) is 2. The van der Waals surface area contributed by atoms with Gasteiger partial charge in [0.1, 0.15) is 0 Å². The second kappa shape index (κ2) is 6.76. The Bertz CT molecular complexity index is 191. The van der Waals surface area contributed by atoms with Crippen LogP contribution in [0.15, 0.2) is 0 Å². The average molecular weight is 215 g/mol. The van der Waals surface area contributed by atoms with Crippen molar-refractivity contribution < 1.29 is 9.53 Å². The van der Waals surface area contributed by atoms with Gasteiger partial charge in [0, 0.05) is 40.2 Å². The summed E-state index contributed by atoms with van der Waals surface area (Å²) < 4.78 is 5.23. The zero-order valence-electron chi connectivity index (χ0n) is 9.66. The van der Waals surface area contributed by atoms with Crippen molar-refractivity contribution in [2.45, 2.75) is 12.8 Å². The molecule has 0 aromatic carbocycles. The Hall–Kier alpha value is -0.650. The highest BCUT2D eigenvalue weighted by Crippen LogP contribution is 1.95. The number of hydrazine groups is 1. The fraction of sp³-hybridized carbons (Fsp3) is 0.900. The number of nitrogens with one attached hydrogen (secondary N) is 1. The van der Waals surface area contributed by atoms with Gasteiger partial charge < -0.3 is 9.64 Å². The van der Waals surface area contributed by atoms with Gasteiger partial charge in [-0.3, -0.25) is 10.2 Å². The molecule has 1 aliphatic heterocycles. The summed E-state index contributed by atoms with van der Waals surface area (Å²) in [5.74, 6) is 0.193. The highest BCUT2D eigenvalue weighted by molar-refractivity contribution is 5.75. The molecule has 5 nitrogen and oxygen atoms in total. The summed E-state index contributed by atoms with van der Waals surface area (Å²) in [6.45, 7) is 4.32. The van der Waals surface area contributed by atoms with Crippen LogP contribution in [0.1, 0.15) is 12.8 Å². The second-order valence-electron chi connectivity index (χ2n) is 3.90. The van der Waals surface area contributed by atoms with Crippen LogP contribution in [0.2, 0.25) is 0 Å². The number of hydrogen-bond acceptors (Lipinski definition) is 4. The molecule has 0 saturated carbocycles. The third-order valence-corrected chi connectivity index (χ3v) is 2.41. The third kappa shape index (κ3) is 5.11. The summed E-state index contributed by atoms with van der Waals surface area (Å²) in [5, 5.41) is 2.16. The first-order valence-electron chi connectivity index (χ1n) is 5.46. The lowest BCUT2D eigenvalue weighted by atomic mass is 10.3. The van der Waals surface area contributed by atoms with E-state index >= 15 is 0 Å². The summed E-state index contributed by atoms with van der Waals surface area (Å²) >= 11 is 0. The van der Waals surface area contributed by atoms with E-state index in [2.05, 4.69) is 10.4 Å². The van der Waals surface area contributed by atoms with E-state index < -0.39 is 0 Å². The summed E-state index contributed by atoms with van der Waals surface area (Å²) in [4.78, 5) is 12.9. The Kier molecular flexibility index (Phi) is 5.60. The molecule has 0 aliphatic carbocycles. The lowest BCUT2D eigenvalue weighted by Crippen LogP contribution is -2.46. The number of rotatable bonds is 5. The zero-order valence-corrected chi connectivity index (χ0v) is 9.66. The van der Waals surface area contributed by atoms with E-state index in [-0.39, 0.29) is 5.91 Å². The normalized spacial score (nSPS) is 17.7. The maximum Gasteiger partial charge on any atom is 0.222 e. The van der Waals surface area contributed by atoms with Crippen LogP contribution in [0.3, 0.4) is 0 Å². The predicted molar refractivity (Wildman–Crippen MR) is 58.3 cm³/mol. The Morgan fingerprint density at radius 2 is 2.07 bits per heavy atom. The Balaban J connectivity index is 1.98. The summed E-state index contributed by atoms with van der Waals surface area (Å²) in [7, 11) is 3.58. The van der Waals surface area contributed by atoms with E-state index in [4.69, 9.17) is 4.74 Å². The van der Waals surface area contributed by atoms with E-state index in [0.29, 0.717) is 6.42 Å². The molecular weight excluding hydrogens is 194 g/mol. The minimum absolute atomic E-state index is 0.193. The van der Waals surface area contributed by atoms with Crippen molar-refractivity contribution >= 4 is 5.91 Å². The van der Waals surface area contributed by atoms with Crippen LogP contribution in [0, 0.1) is 0 Å². The minimum atomic E-state index is 0.193. The fourth-order valence-electron chi connectivity index (χ4n) is 1.42. The van der Waals surface area contributed by atoms with E-state index in [1.54, 1.807) is 19.0 Å². The number of carbonyl (C=O) groups excluding carboxylic acids is 1. The van der Waals surface area contributed by atoms with Gasteiger partial charge in [-0.2, -0.15) is 0 Å². The van der Waals surface area contributed by atoms with Crippen molar-refractivity contribution in [3.05, 3.63) is 0 Å². The van der Waals surface area contributed by atoms with Crippen LogP contribution < -0.4 is 5.43 Å². The number of amides is 1. The lowest BCUT2D eigenvalue weighted by molar-refractivity contribution is -0.128. The van der Waals surface area contributed by atoms with E-state index in [0.717, 1.165) is 39.3 Å². The molecule has 1 aliphatic rings. The maximum atomic E-state index is 11.3. The van der Waals surface area contributed by atoms with Crippen LogP contribution in [0.25, 0.3) is 0 Å². The lowest BCUT2D eigenvalue weighted by Gasteiger charge is -2.27. The number of morpholine rings is 1. The molecule has 15 heavy (non-hydrogen) atoms. The quantitative estimate of drug-likeness (QED) is 0.639. The molecule has 1 rings (SSSR count). The molecular formula is C10H21N3O2. The molecule has 1 N–H and O–H groups in total. The van der Waals surface area contributed by atoms with Gasteiger partial charge in [0.05, 0.1) is 13.2 Å². The molecule has 1 saturated heterocycles. The average Bonchev–Trinajstić information content (AvgIpc) is 2.25. The van der Waals surface area contributed by atoms with Crippen molar-refractivity contribution in [2.75, 3.05) is 46.9 Å². The van der Waals surface area contributed by atoms with Crippen LogP contribution in [0.5, 0.6) is 0 Å². The van der Waals surface area contributed by atoms with Gasteiger partial charge in [-0.05, 0) is 6.42 Å². The minimum Gasteiger partial charge on any atom is -0.379 e. The van der Waals surface area contributed by atoms with Crippen molar-refractivity contribution in [2.24, 2.45) is 0 Å². The zero-order chi connectivity index (χ0) is 11.1. The standard InChI is InChI=1S/C10H21N3O2/c1-12(2)10(14)4-3-5-11-13-6-8-15-9-7-13/h11H,3-9H2,1-2H3. The maximum absolute atomic E-state index is 11.3. The largest absolute Gasteiger partial charge is 0.379 e. The van der Waals surface area contributed by atoms with Crippen LogP contribution in [-0.2, 0) is 9.53 Å². The highest BCUT2D eigenvalue weighted by atomic mass is 16.5. The predicted octanol–water partition coefficient (Wildman–Crippen LogP) is -0.308. The van der Waals surface area contributed by atoms with Crippen molar-refractivity contribution in [3.63, 3.8) is 0 Å². The summed E-state index contributed by atoms with van der Waals surface area (Å²) in [6.07, 6.45) is 1.50. The van der Waals surface area contributed by atoms with Crippen LogP contribution in [-0.4, -0.2) is 62.8 Å². The molecule has 0 atom stereocenters. The molecule has 0 spiro atoms. The van der Waals surface area contributed by atoms with Gasteiger partial charge in [0.2, 0.25) is 5.91 Å². The van der Waals surface area contributed by atoms with E-state index in [9.17, 15) is 4.79 Å². The van der Waals surface area contributed by atoms with Gasteiger partial charge in [0.25, 0.3) is 0 Å². The van der Waals surface area contributed by atoms with Crippen molar-refractivity contribution in [1.82, 2.24) is 15.3 Å². The fourth-order valence-corrected chi connectivity index (χ4v) is 1.42. The van der Waals surface area contributed by atoms with Crippen molar-refractivity contribution in [3.8, 4) is 0 Å². The molecule has 5 heteroatoms. The molecule has 1 heterocycles. The van der Waals surface area contributed by atoms with Crippen LogP contribution in [0.4, 0.5) is 0 Å². The van der Waals surface area contributed by atoms with Gasteiger partial charge in [-0.15, -0.1) is 0 Å². The van der Waals surface area contributed by atoms with Gasteiger partial charge in [-0.1, -0.05) is 0 Å². The topological polar surface area (TPSA) is 44.8 Å². The first kappa shape index (κ1) is 12.4. The molecule has 0 aromatic heterocycles. The molecule has 88 valence electrons. The monoisotopic (exact) mass is 215 g/mol. The molecule has 0 radical (unpaired) electrons. The number of ether oxygens (including phenoxy) is 1. The Morgan fingerprint density at radius 1 is 1.40 bits per heavy atom. The molecule has 0 unspecified atom stereocenters. The second-order valence-corrected chi connectivity index (χ2v) is 3.90. The van der Waals surface area contributed by atoms with Crippen molar-refractivity contribution in [1.29, 1.82) is 0 Å². The third-order valence-electron chi connectivity index (χ3n) is 2.41. The first-order valence-corrected chi connectivity index (χ1v) is 5.46. The van der Waals surface area contributed by atoms with E-state index in [1.807, 2.05) is 0 Å². The number of hydrogen-bond donors (Lipinski definition) is 1. The molecule has 1 fully saturated rings. The molecule has 0 aromatic rings. The van der Waals surface area contributed by atoms with E-state index in [1.165, 1.54) is 0 Å². The smallest absolute Gasteiger partial charge is 0.222 e. The Morgan fingerprint density at radius 3 is 2.67 bits per heavy atom. The van der Waals surface area contributed by atoms with Gasteiger partial charge in [0.15, 0.2) is 0 Å². The SMILES string of the molecule is CN(C)C(=O)CCCNN1CCOCC1. The Labute approximate surface area is 91.3 Å².